The lowest BCUT2D eigenvalue weighted by Gasteiger charge is -2.09. The van der Waals surface area contributed by atoms with Crippen LogP contribution in [0.2, 0.25) is 0 Å². The quantitative estimate of drug-likeness (QED) is 0.0521. The maximum Gasteiger partial charge on any atom is 0.119 e. The van der Waals surface area contributed by atoms with Gasteiger partial charge in [-0.15, -0.1) is 0 Å². The summed E-state index contributed by atoms with van der Waals surface area (Å²) in [4.78, 5) is 0. The van der Waals surface area contributed by atoms with Crippen LogP contribution in [0.15, 0.2) is 24.3 Å². The zero-order chi connectivity index (χ0) is 40.6. The Morgan fingerprint density at radius 3 is 0.789 bits per heavy atom. The molecule has 0 aliphatic heterocycles. The van der Waals surface area contributed by atoms with Crippen LogP contribution in [0.25, 0.3) is 0 Å². The van der Waals surface area contributed by atoms with E-state index in [2.05, 4.69) is 6.92 Å². The molecule has 0 fully saturated rings. The number of nitrogens with two attached hydrogens (primary N) is 1. The van der Waals surface area contributed by atoms with Gasteiger partial charge in [-0.3, -0.25) is 0 Å². The summed E-state index contributed by atoms with van der Waals surface area (Å²) in [5, 5.41) is 0. The van der Waals surface area contributed by atoms with Crippen molar-refractivity contribution in [2.45, 2.75) is 96.8 Å². The van der Waals surface area contributed by atoms with Crippen molar-refractivity contribution in [3.63, 3.8) is 0 Å². The van der Waals surface area contributed by atoms with Gasteiger partial charge in [0, 0.05) is 12.3 Å². The molecular weight excluding hydrogens is 734 g/mol. The van der Waals surface area contributed by atoms with Crippen molar-refractivity contribution < 1.29 is 56.8 Å². The Hall–Kier alpha value is -1.62. The fourth-order valence-corrected chi connectivity index (χ4v) is 5.48. The number of unbranched alkanes of at least 4 members (excludes halogenated alkanes) is 13. The lowest BCUT2D eigenvalue weighted by molar-refractivity contribution is -0.0277. The molecule has 0 saturated carbocycles. The van der Waals surface area contributed by atoms with Gasteiger partial charge < -0.3 is 62.6 Å². The number of ether oxygens (including phenoxy) is 12. The lowest BCUT2D eigenvalue weighted by Crippen LogP contribution is -2.15. The predicted octanol–water partition coefficient (Wildman–Crippen LogP) is 7.31. The third-order valence-corrected chi connectivity index (χ3v) is 8.74. The zero-order valence-corrected chi connectivity index (χ0v) is 35.9. The Bertz CT molecular complexity index is 885. The van der Waals surface area contributed by atoms with Crippen LogP contribution in [0.5, 0.6) is 5.75 Å². The Labute approximate surface area is 346 Å². The molecule has 1 rings (SSSR count). The van der Waals surface area contributed by atoms with Crippen LogP contribution in [0.1, 0.15) is 96.8 Å². The SMILES string of the molecule is CCCCCCCCCCCCCCCCOCCOCCOCCOCCOCCOCCOCCOCCOCCOCCOCCOc1ccc(N)cc1. The van der Waals surface area contributed by atoms with Crippen LogP contribution in [-0.4, -0.2) is 152 Å². The minimum absolute atomic E-state index is 0.477. The Kier molecular flexibility index (Phi) is 44.1. The van der Waals surface area contributed by atoms with E-state index in [9.17, 15) is 0 Å². The minimum Gasteiger partial charge on any atom is -0.491 e. The lowest BCUT2D eigenvalue weighted by atomic mass is 10.0. The van der Waals surface area contributed by atoms with Crippen molar-refractivity contribution in [3.8, 4) is 5.75 Å². The van der Waals surface area contributed by atoms with Crippen LogP contribution in [0, 0.1) is 0 Å². The van der Waals surface area contributed by atoms with Gasteiger partial charge in [0.2, 0.25) is 0 Å². The first kappa shape index (κ1) is 53.4. The van der Waals surface area contributed by atoms with E-state index >= 15 is 0 Å². The van der Waals surface area contributed by atoms with Crippen molar-refractivity contribution >= 4 is 5.69 Å². The van der Waals surface area contributed by atoms with Crippen LogP contribution < -0.4 is 10.5 Å². The first-order chi connectivity index (χ1) is 28.3. The van der Waals surface area contributed by atoms with Crippen molar-refractivity contribution in [1.29, 1.82) is 0 Å². The molecule has 57 heavy (non-hydrogen) atoms. The molecule has 1 aromatic carbocycles. The third-order valence-electron chi connectivity index (χ3n) is 8.74. The topological polar surface area (TPSA) is 137 Å². The highest BCUT2D eigenvalue weighted by Crippen LogP contribution is 2.14. The van der Waals surface area contributed by atoms with Crippen molar-refractivity contribution in [3.05, 3.63) is 24.3 Å². The molecule has 0 saturated heterocycles. The summed E-state index contributed by atoms with van der Waals surface area (Å²) in [7, 11) is 0. The average molecular weight is 818 g/mol. The molecule has 0 unspecified atom stereocenters. The first-order valence-electron chi connectivity index (χ1n) is 22.2. The number of nitrogen functional groups attached to an aromatic ring is 1. The van der Waals surface area contributed by atoms with Crippen LogP contribution in [-0.2, 0) is 52.1 Å². The van der Waals surface area contributed by atoms with Crippen LogP contribution in [0.4, 0.5) is 5.69 Å². The molecule has 0 spiro atoms. The van der Waals surface area contributed by atoms with Gasteiger partial charge in [0.25, 0.3) is 0 Å². The molecule has 0 aliphatic carbocycles. The van der Waals surface area contributed by atoms with Crippen molar-refractivity contribution in [2.75, 3.05) is 158 Å². The van der Waals surface area contributed by atoms with Gasteiger partial charge in [-0.2, -0.15) is 0 Å². The molecule has 13 nitrogen and oxygen atoms in total. The molecule has 0 atom stereocenters. The van der Waals surface area contributed by atoms with Gasteiger partial charge >= 0.3 is 0 Å². The average Bonchev–Trinajstić information content (AvgIpc) is 3.22. The van der Waals surface area contributed by atoms with Gasteiger partial charge in [0.15, 0.2) is 0 Å². The molecule has 336 valence electrons. The monoisotopic (exact) mass is 818 g/mol. The van der Waals surface area contributed by atoms with Gasteiger partial charge in [-0.05, 0) is 30.7 Å². The van der Waals surface area contributed by atoms with E-state index < -0.39 is 0 Å². The van der Waals surface area contributed by atoms with E-state index in [0.717, 1.165) is 18.8 Å². The maximum absolute atomic E-state index is 5.69. The molecule has 1 aromatic rings. The maximum atomic E-state index is 5.69. The normalized spacial score (nSPS) is 11.5. The summed E-state index contributed by atoms with van der Waals surface area (Å²) in [6, 6.07) is 7.28. The molecule has 2 N–H and O–H groups in total. The summed E-state index contributed by atoms with van der Waals surface area (Å²) in [5.41, 5.74) is 6.36. The smallest absolute Gasteiger partial charge is 0.119 e. The minimum atomic E-state index is 0.477. The van der Waals surface area contributed by atoms with Crippen molar-refractivity contribution in [2.24, 2.45) is 0 Å². The second-order valence-electron chi connectivity index (χ2n) is 13.7. The van der Waals surface area contributed by atoms with Crippen molar-refractivity contribution in [1.82, 2.24) is 0 Å². The number of rotatable bonds is 49. The number of anilines is 1. The first-order valence-corrected chi connectivity index (χ1v) is 22.2. The number of hydrogen-bond donors (Lipinski definition) is 1. The van der Waals surface area contributed by atoms with E-state index in [1.165, 1.54) is 83.5 Å². The summed E-state index contributed by atoms with van der Waals surface area (Å²) >= 11 is 0. The van der Waals surface area contributed by atoms with E-state index in [-0.39, 0.29) is 0 Å². The van der Waals surface area contributed by atoms with E-state index in [4.69, 9.17) is 62.6 Å². The second kappa shape index (κ2) is 47.1. The van der Waals surface area contributed by atoms with Crippen LogP contribution >= 0.6 is 0 Å². The number of hydrogen-bond acceptors (Lipinski definition) is 13. The molecule has 0 amide bonds. The molecule has 0 radical (unpaired) electrons. The fourth-order valence-electron chi connectivity index (χ4n) is 5.48. The summed E-state index contributed by atoms with van der Waals surface area (Å²) in [6.45, 7) is 14.7. The molecule has 13 heteroatoms. The summed E-state index contributed by atoms with van der Waals surface area (Å²) in [6.07, 6.45) is 19.2. The molecule has 0 heterocycles. The van der Waals surface area contributed by atoms with E-state index in [1.807, 2.05) is 12.1 Å². The highest BCUT2D eigenvalue weighted by Gasteiger charge is 1.99. The van der Waals surface area contributed by atoms with Crippen LogP contribution in [0.3, 0.4) is 0 Å². The Balaban J connectivity index is 1.60. The molecule has 0 aliphatic rings. The van der Waals surface area contributed by atoms with E-state index in [0.29, 0.717) is 151 Å². The standard InChI is InChI=1S/C44H83NO12/c1-2-3-4-5-6-7-8-9-10-11-12-13-14-15-20-46-21-22-47-23-24-48-25-26-49-27-28-50-29-30-51-31-32-52-33-34-53-35-36-54-37-38-55-39-40-56-41-42-57-44-18-16-43(45)17-19-44/h16-19H,2-15,20-42,45H2,1H3. The van der Waals surface area contributed by atoms with Gasteiger partial charge in [0.05, 0.1) is 139 Å². The summed E-state index contributed by atoms with van der Waals surface area (Å²) in [5.74, 6) is 0.774. The highest BCUT2D eigenvalue weighted by molar-refractivity contribution is 5.41. The molecule has 0 aromatic heterocycles. The Morgan fingerprint density at radius 1 is 0.281 bits per heavy atom. The third kappa shape index (κ3) is 43.8. The van der Waals surface area contributed by atoms with Gasteiger partial charge in [-0.25, -0.2) is 0 Å². The Morgan fingerprint density at radius 2 is 0.509 bits per heavy atom. The zero-order valence-electron chi connectivity index (χ0n) is 35.9. The molecule has 0 bridgehead atoms. The summed E-state index contributed by atoms with van der Waals surface area (Å²) < 4.78 is 66.4. The fraction of sp³-hybridized carbons (Fsp3) is 0.864. The number of benzene rings is 1. The van der Waals surface area contributed by atoms with Gasteiger partial charge in [0.1, 0.15) is 12.4 Å². The van der Waals surface area contributed by atoms with E-state index in [1.54, 1.807) is 12.1 Å². The highest BCUT2D eigenvalue weighted by atomic mass is 16.6. The second-order valence-corrected chi connectivity index (χ2v) is 13.7. The predicted molar refractivity (Wildman–Crippen MR) is 226 cm³/mol. The van der Waals surface area contributed by atoms with Gasteiger partial charge in [-0.1, -0.05) is 90.4 Å². The largest absolute Gasteiger partial charge is 0.491 e. The molecular formula is C44H83NO12.